The molecule has 0 saturated carbocycles. The van der Waals surface area contributed by atoms with E-state index in [0.717, 1.165) is 30.2 Å². The minimum absolute atomic E-state index is 0.456. The van der Waals surface area contributed by atoms with E-state index in [4.69, 9.17) is 9.72 Å². The summed E-state index contributed by atoms with van der Waals surface area (Å²) in [5.41, 5.74) is 3.77. The van der Waals surface area contributed by atoms with Gasteiger partial charge in [0.1, 0.15) is 17.8 Å². The Morgan fingerprint density at radius 1 is 1.13 bits per heavy atom. The Labute approximate surface area is 179 Å². The highest BCUT2D eigenvalue weighted by atomic mass is 16.5. The molecule has 1 saturated heterocycles. The van der Waals surface area contributed by atoms with E-state index in [-0.39, 0.29) is 0 Å². The molecule has 31 heavy (non-hydrogen) atoms. The van der Waals surface area contributed by atoms with Gasteiger partial charge in [0.25, 0.3) is 5.78 Å². The number of ether oxygens (including phenoxy) is 1. The van der Waals surface area contributed by atoms with E-state index in [0.29, 0.717) is 37.1 Å². The SMILES string of the molecule is Cc1cccc(C=NCc2cc(N3CCOCC3)n3nc(-c4ccncn4)nc3n2)c1. The van der Waals surface area contributed by atoms with Gasteiger partial charge in [-0.25, -0.2) is 15.0 Å². The van der Waals surface area contributed by atoms with Crippen molar-refractivity contribution < 1.29 is 4.74 Å². The van der Waals surface area contributed by atoms with Gasteiger partial charge >= 0.3 is 0 Å². The van der Waals surface area contributed by atoms with Crippen LogP contribution in [0.5, 0.6) is 0 Å². The van der Waals surface area contributed by atoms with Gasteiger partial charge in [0.15, 0.2) is 0 Å². The molecular formula is C22H22N8O. The van der Waals surface area contributed by atoms with Gasteiger partial charge < -0.3 is 9.64 Å². The molecule has 5 rings (SSSR count). The summed E-state index contributed by atoms with van der Waals surface area (Å²) < 4.78 is 7.29. The topological polar surface area (TPSA) is 93.7 Å². The van der Waals surface area contributed by atoms with Crippen molar-refractivity contribution >= 4 is 17.8 Å². The van der Waals surface area contributed by atoms with Crippen LogP contribution in [0.15, 0.2) is 53.9 Å². The van der Waals surface area contributed by atoms with Crippen molar-refractivity contribution in [3.63, 3.8) is 0 Å². The number of nitrogens with zero attached hydrogens (tertiary/aromatic N) is 8. The van der Waals surface area contributed by atoms with Crippen molar-refractivity contribution in [2.24, 2.45) is 4.99 Å². The Bertz CT molecular complexity index is 1210. The van der Waals surface area contributed by atoms with Crippen molar-refractivity contribution in [2.45, 2.75) is 13.5 Å². The third-order valence-corrected chi connectivity index (χ3v) is 5.03. The molecule has 4 aromatic rings. The third-order valence-electron chi connectivity index (χ3n) is 5.03. The molecule has 1 aromatic carbocycles. The number of hydrogen-bond acceptors (Lipinski definition) is 8. The van der Waals surface area contributed by atoms with Gasteiger partial charge in [-0.05, 0) is 18.6 Å². The molecule has 0 spiro atoms. The quantitative estimate of drug-likeness (QED) is 0.463. The van der Waals surface area contributed by atoms with E-state index in [9.17, 15) is 0 Å². The summed E-state index contributed by atoms with van der Waals surface area (Å²) in [6.45, 7) is 5.46. The lowest BCUT2D eigenvalue weighted by Crippen LogP contribution is -2.37. The second-order valence-electron chi connectivity index (χ2n) is 7.33. The van der Waals surface area contributed by atoms with Crippen LogP contribution in [0.4, 0.5) is 5.82 Å². The standard InChI is InChI=1S/C22H22N8O/c1-16-3-2-4-17(11-16)13-24-14-18-12-20(29-7-9-31-10-8-29)30-22(26-18)27-21(28-30)19-5-6-23-15-25-19/h2-6,11-13,15H,7-10,14H2,1H3. The average Bonchev–Trinajstić information content (AvgIpc) is 3.24. The lowest BCUT2D eigenvalue weighted by atomic mass is 10.1. The number of hydrogen-bond donors (Lipinski definition) is 0. The molecule has 4 heterocycles. The maximum Gasteiger partial charge on any atom is 0.255 e. The molecule has 0 N–H and O–H groups in total. The summed E-state index contributed by atoms with van der Waals surface area (Å²) in [7, 11) is 0. The Balaban J connectivity index is 1.50. The van der Waals surface area contributed by atoms with Crippen molar-refractivity contribution in [3.8, 4) is 11.5 Å². The first-order valence-electron chi connectivity index (χ1n) is 10.2. The van der Waals surface area contributed by atoms with Gasteiger partial charge in [0.2, 0.25) is 5.82 Å². The Kier molecular flexibility index (Phi) is 5.32. The summed E-state index contributed by atoms with van der Waals surface area (Å²) >= 11 is 0. The van der Waals surface area contributed by atoms with Crippen molar-refractivity contribution in [2.75, 3.05) is 31.2 Å². The van der Waals surface area contributed by atoms with Crippen LogP contribution in [-0.4, -0.2) is 62.1 Å². The number of rotatable bonds is 5. The molecular weight excluding hydrogens is 392 g/mol. The van der Waals surface area contributed by atoms with Crippen LogP contribution in [0.2, 0.25) is 0 Å². The normalized spacial score (nSPS) is 14.5. The molecule has 0 aliphatic carbocycles. The number of morpholine rings is 1. The van der Waals surface area contributed by atoms with Crippen LogP contribution in [0.25, 0.3) is 17.3 Å². The van der Waals surface area contributed by atoms with Crippen LogP contribution in [0.1, 0.15) is 16.8 Å². The molecule has 156 valence electrons. The second-order valence-corrected chi connectivity index (χ2v) is 7.33. The van der Waals surface area contributed by atoms with Crippen LogP contribution in [0, 0.1) is 6.92 Å². The fraction of sp³-hybridized carbons (Fsp3) is 0.273. The molecule has 0 amide bonds. The molecule has 0 atom stereocenters. The maximum atomic E-state index is 5.52. The fourth-order valence-corrected chi connectivity index (χ4v) is 3.53. The highest BCUT2D eigenvalue weighted by Gasteiger charge is 2.19. The van der Waals surface area contributed by atoms with Crippen LogP contribution in [-0.2, 0) is 11.3 Å². The van der Waals surface area contributed by atoms with Crippen LogP contribution in [0.3, 0.4) is 0 Å². The van der Waals surface area contributed by atoms with E-state index >= 15 is 0 Å². The summed E-state index contributed by atoms with van der Waals surface area (Å²) in [6, 6.07) is 12.1. The first kappa shape index (κ1) is 19.3. The van der Waals surface area contributed by atoms with E-state index in [1.54, 1.807) is 16.8 Å². The zero-order valence-corrected chi connectivity index (χ0v) is 17.2. The minimum atomic E-state index is 0.456. The summed E-state index contributed by atoms with van der Waals surface area (Å²) in [6.07, 6.45) is 5.04. The Hall–Kier alpha value is -3.72. The average molecular weight is 414 g/mol. The predicted molar refractivity (Wildman–Crippen MR) is 117 cm³/mol. The molecule has 1 fully saturated rings. The molecule has 0 unspecified atom stereocenters. The van der Waals surface area contributed by atoms with Gasteiger partial charge in [0.05, 0.1) is 25.5 Å². The van der Waals surface area contributed by atoms with Gasteiger partial charge in [-0.1, -0.05) is 29.8 Å². The zero-order chi connectivity index (χ0) is 21.0. The minimum Gasteiger partial charge on any atom is -0.378 e. The van der Waals surface area contributed by atoms with E-state index in [1.165, 1.54) is 11.9 Å². The van der Waals surface area contributed by atoms with Crippen molar-refractivity contribution in [3.05, 3.63) is 65.7 Å². The van der Waals surface area contributed by atoms with E-state index < -0.39 is 0 Å². The maximum absolute atomic E-state index is 5.52. The number of fused-ring (bicyclic) bond motifs is 1. The van der Waals surface area contributed by atoms with Crippen molar-refractivity contribution in [1.82, 2.24) is 29.5 Å². The molecule has 1 aliphatic rings. The first-order valence-corrected chi connectivity index (χ1v) is 10.2. The number of aromatic nitrogens is 6. The predicted octanol–water partition coefficient (Wildman–Crippen LogP) is 2.35. The number of anilines is 1. The molecule has 0 radical (unpaired) electrons. The van der Waals surface area contributed by atoms with Crippen molar-refractivity contribution in [1.29, 1.82) is 0 Å². The highest BCUT2D eigenvalue weighted by molar-refractivity contribution is 5.79. The monoisotopic (exact) mass is 414 g/mol. The summed E-state index contributed by atoms with van der Waals surface area (Å²) in [5, 5.41) is 4.67. The number of aliphatic imine (C=N–C) groups is 1. The molecule has 0 bridgehead atoms. The first-order chi connectivity index (χ1) is 15.3. The van der Waals surface area contributed by atoms with E-state index in [1.807, 2.05) is 24.4 Å². The number of aryl methyl sites for hydroxylation is 1. The number of benzene rings is 1. The fourth-order valence-electron chi connectivity index (χ4n) is 3.53. The Morgan fingerprint density at radius 3 is 2.84 bits per heavy atom. The van der Waals surface area contributed by atoms with Crippen LogP contribution < -0.4 is 4.90 Å². The van der Waals surface area contributed by atoms with Gasteiger partial charge in [-0.3, -0.25) is 4.99 Å². The lowest BCUT2D eigenvalue weighted by molar-refractivity contribution is 0.122. The Morgan fingerprint density at radius 2 is 2.03 bits per heavy atom. The second kappa shape index (κ2) is 8.57. The molecule has 1 aliphatic heterocycles. The summed E-state index contributed by atoms with van der Waals surface area (Å²) in [5.74, 6) is 1.98. The molecule has 9 heteroatoms. The summed E-state index contributed by atoms with van der Waals surface area (Å²) in [4.78, 5) is 24.4. The van der Waals surface area contributed by atoms with Gasteiger partial charge in [0, 0.05) is 31.6 Å². The van der Waals surface area contributed by atoms with Crippen LogP contribution >= 0.6 is 0 Å². The largest absolute Gasteiger partial charge is 0.378 e. The lowest BCUT2D eigenvalue weighted by Gasteiger charge is -2.28. The van der Waals surface area contributed by atoms with E-state index in [2.05, 4.69) is 49.0 Å². The highest BCUT2D eigenvalue weighted by Crippen LogP contribution is 2.21. The molecule has 3 aromatic heterocycles. The smallest absolute Gasteiger partial charge is 0.255 e. The van der Waals surface area contributed by atoms with Gasteiger partial charge in [-0.2, -0.15) is 9.50 Å². The third kappa shape index (κ3) is 4.26. The molecule has 9 nitrogen and oxygen atoms in total. The zero-order valence-electron chi connectivity index (χ0n) is 17.2. The van der Waals surface area contributed by atoms with Gasteiger partial charge in [-0.15, -0.1) is 5.10 Å².